The zero-order chi connectivity index (χ0) is 15.6. The molecule has 9 heteroatoms. The van der Waals surface area contributed by atoms with E-state index in [9.17, 15) is 26.3 Å². The molecular formula is C12H9F6N3. The molecule has 3 nitrogen and oxygen atoms in total. The van der Waals surface area contributed by atoms with Crippen molar-refractivity contribution in [1.29, 1.82) is 0 Å². The molecular weight excluding hydrogens is 300 g/mol. The Labute approximate surface area is 115 Å². The Kier molecular flexibility index (Phi) is 4.49. The third kappa shape index (κ3) is 3.34. The first-order valence-corrected chi connectivity index (χ1v) is 5.75. The van der Waals surface area contributed by atoms with Gasteiger partial charge in [-0.25, -0.2) is 26.3 Å². The number of alkyl halides is 6. The highest BCUT2D eigenvalue weighted by atomic mass is 19.3. The lowest BCUT2D eigenvalue weighted by Crippen LogP contribution is -2.09. The summed E-state index contributed by atoms with van der Waals surface area (Å²) >= 11 is 0. The molecule has 0 fully saturated rings. The van der Waals surface area contributed by atoms with Crippen LogP contribution >= 0.6 is 0 Å². The second-order valence-corrected chi connectivity index (χ2v) is 4.13. The molecule has 0 aliphatic rings. The van der Waals surface area contributed by atoms with Crippen LogP contribution < -0.4 is 0 Å². The van der Waals surface area contributed by atoms with Crippen molar-refractivity contribution in [2.75, 3.05) is 0 Å². The Balaban J connectivity index is 2.39. The van der Waals surface area contributed by atoms with Crippen LogP contribution in [-0.4, -0.2) is 14.8 Å². The van der Waals surface area contributed by atoms with Crippen LogP contribution in [0.15, 0.2) is 24.5 Å². The Morgan fingerprint density at radius 3 is 2.29 bits per heavy atom. The molecule has 0 aromatic carbocycles. The predicted octanol–water partition coefficient (Wildman–Crippen LogP) is 4.14. The molecule has 0 aliphatic heterocycles. The minimum Gasteiger partial charge on any atom is -0.264 e. The summed E-state index contributed by atoms with van der Waals surface area (Å²) in [5, 5.41) is 3.35. The van der Waals surface area contributed by atoms with Gasteiger partial charge in [-0.15, -0.1) is 0 Å². The molecule has 0 spiro atoms. The van der Waals surface area contributed by atoms with Crippen molar-refractivity contribution in [1.82, 2.24) is 14.8 Å². The maximum atomic E-state index is 12.8. The van der Waals surface area contributed by atoms with Crippen LogP contribution in [0.4, 0.5) is 26.3 Å². The van der Waals surface area contributed by atoms with Crippen molar-refractivity contribution >= 4 is 0 Å². The fraction of sp³-hybridized carbons (Fsp3) is 0.333. The fourth-order valence-corrected chi connectivity index (χ4v) is 1.80. The topological polar surface area (TPSA) is 30.7 Å². The van der Waals surface area contributed by atoms with E-state index in [2.05, 4.69) is 10.1 Å². The second-order valence-electron chi connectivity index (χ2n) is 4.13. The van der Waals surface area contributed by atoms with Crippen molar-refractivity contribution in [3.8, 4) is 0 Å². The number of aromatic nitrogens is 3. The van der Waals surface area contributed by atoms with Crippen LogP contribution in [0.1, 0.15) is 41.8 Å². The van der Waals surface area contributed by atoms with Crippen LogP contribution in [0.2, 0.25) is 0 Å². The molecule has 0 aliphatic carbocycles. The Hall–Kier alpha value is -2.06. The van der Waals surface area contributed by atoms with Crippen molar-refractivity contribution in [3.05, 3.63) is 47.0 Å². The first-order chi connectivity index (χ1) is 9.90. The minimum absolute atomic E-state index is 0.00850. The van der Waals surface area contributed by atoms with E-state index >= 15 is 0 Å². The SMILES string of the molecule is FC(F)c1cc(C(F)F)n(Cc2ccncc2C(F)F)n1. The van der Waals surface area contributed by atoms with Crippen LogP contribution in [0.5, 0.6) is 0 Å². The Morgan fingerprint density at radius 1 is 1.00 bits per heavy atom. The molecule has 0 radical (unpaired) electrons. The molecule has 114 valence electrons. The van der Waals surface area contributed by atoms with Crippen molar-refractivity contribution < 1.29 is 26.3 Å². The van der Waals surface area contributed by atoms with Crippen molar-refractivity contribution in [2.24, 2.45) is 0 Å². The monoisotopic (exact) mass is 309 g/mol. The average molecular weight is 309 g/mol. The number of rotatable bonds is 5. The van der Waals surface area contributed by atoms with Crippen molar-refractivity contribution in [3.63, 3.8) is 0 Å². The van der Waals surface area contributed by atoms with E-state index in [4.69, 9.17) is 0 Å². The maximum Gasteiger partial charge on any atom is 0.282 e. The molecule has 0 unspecified atom stereocenters. The summed E-state index contributed by atoms with van der Waals surface area (Å²) in [5.74, 6) is 0. The number of nitrogens with zero attached hydrogens (tertiary/aromatic N) is 3. The zero-order valence-electron chi connectivity index (χ0n) is 10.4. The van der Waals surface area contributed by atoms with E-state index < -0.39 is 42.8 Å². The molecule has 2 rings (SSSR count). The first kappa shape index (κ1) is 15.3. The van der Waals surface area contributed by atoms with E-state index in [0.717, 1.165) is 6.20 Å². The Morgan fingerprint density at radius 2 is 1.71 bits per heavy atom. The van der Waals surface area contributed by atoms with Crippen LogP contribution in [-0.2, 0) is 6.54 Å². The summed E-state index contributed by atoms with van der Waals surface area (Å²) in [7, 11) is 0. The molecule has 0 bridgehead atoms. The van der Waals surface area contributed by atoms with Gasteiger partial charge in [0.25, 0.3) is 19.3 Å². The molecule has 0 saturated heterocycles. The highest BCUT2D eigenvalue weighted by Crippen LogP contribution is 2.27. The van der Waals surface area contributed by atoms with E-state index in [1.807, 2.05) is 0 Å². The lowest BCUT2D eigenvalue weighted by atomic mass is 10.1. The molecule has 0 N–H and O–H groups in total. The number of hydrogen-bond donors (Lipinski definition) is 0. The standard InChI is InChI=1S/C12H9F6N3/c13-10(14)7-4-19-2-1-6(7)5-21-9(12(17)18)3-8(20-21)11(15)16/h1-4,10-12H,5H2. The van der Waals surface area contributed by atoms with Crippen LogP contribution in [0, 0.1) is 0 Å². The lowest BCUT2D eigenvalue weighted by molar-refractivity contribution is 0.139. The van der Waals surface area contributed by atoms with Gasteiger partial charge in [-0.2, -0.15) is 5.10 Å². The van der Waals surface area contributed by atoms with Gasteiger partial charge in [0.05, 0.1) is 6.54 Å². The van der Waals surface area contributed by atoms with Gasteiger partial charge in [0.2, 0.25) is 0 Å². The van der Waals surface area contributed by atoms with Gasteiger partial charge in [-0.3, -0.25) is 9.67 Å². The minimum atomic E-state index is -3.04. The number of hydrogen-bond acceptors (Lipinski definition) is 2. The average Bonchev–Trinajstić information content (AvgIpc) is 2.83. The van der Waals surface area contributed by atoms with E-state index in [1.54, 1.807) is 0 Å². The third-order valence-electron chi connectivity index (χ3n) is 2.78. The molecule has 0 atom stereocenters. The third-order valence-corrected chi connectivity index (χ3v) is 2.78. The van der Waals surface area contributed by atoms with Gasteiger partial charge in [-0.05, 0) is 17.7 Å². The van der Waals surface area contributed by atoms with E-state index in [-0.39, 0.29) is 5.56 Å². The highest BCUT2D eigenvalue weighted by molar-refractivity contribution is 5.25. The number of halogens is 6. The Bertz CT molecular complexity index is 611. The van der Waals surface area contributed by atoms with Crippen LogP contribution in [0.25, 0.3) is 0 Å². The van der Waals surface area contributed by atoms with Gasteiger partial charge >= 0.3 is 0 Å². The summed E-state index contributed by atoms with van der Waals surface area (Å²) < 4.78 is 76.8. The molecule has 0 saturated carbocycles. The van der Waals surface area contributed by atoms with Crippen molar-refractivity contribution in [2.45, 2.75) is 25.8 Å². The summed E-state index contributed by atoms with van der Waals surface area (Å²) in [5.41, 5.74) is -2.03. The van der Waals surface area contributed by atoms with Gasteiger partial charge in [0.1, 0.15) is 11.4 Å². The normalized spacial score (nSPS) is 11.9. The van der Waals surface area contributed by atoms with Gasteiger partial charge in [-0.1, -0.05) is 0 Å². The second kappa shape index (κ2) is 6.15. The number of pyridine rings is 1. The molecule has 0 amide bonds. The fourth-order valence-electron chi connectivity index (χ4n) is 1.80. The summed E-state index contributed by atoms with van der Waals surface area (Å²) in [6.45, 7) is -0.464. The van der Waals surface area contributed by atoms with Gasteiger partial charge in [0, 0.05) is 18.0 Å². The lowest BCUT2D eigenvalue weighted by Gasteiger charge is -2.10. The van der Waals surface area contributed by atoms with Gasteiger partial charge in [0.15, 0.2) is 0 Å². The summed E-state index contributed by atoms with van der Waals surface area (Å²) in [4.78, 5) is 3.52. The molecule has 2 aromatic heterocycles. The zero-order valence-corrected chi connectivity index (χ0v) is 10.4. The maximum absolute atomic E-state index is 12.8. The largest absolute Gasteiger partial charge is 0.282 e. The highest BCUT2D eigenvalue weighted by Gasteiger charge is 2.22. The summed E-state index contributed by atoms with van der Waals surface area (Å²) in [6.07, 6.45) is -6.80. The summed E-state index contributed by atoms with van der Waals surface area (Å²) in [6, 6.07) is 1.78. The van der Waals surface area contributed by atoms with E-state index in [1.165, 1.54) is 12.3 Å². The molecule has 21 heavy (non-hydrogen) atoms. The molecule has 2 heterocycles. The van der Waals surface area contributed by atoms with E-state index in [0.29, 0.717) is 10.7 Å². The predicted molar refractivity (Wildman–Crippen MR) is 60.4 cm³/mol. The molecule has 2 aromatic rings. The van der Waals surface area contributed by atoms with Gasteiger partial charge < -0.3 is 0 Å². The quantitative estimate of drug-likeness (QED) is 0.777. The van der Waals surface area contributed by atoms with Crippen LogP contribution in [0.3, 0.4) is 0 Å². The smallest absolute Gasteiger partial charge is 0.264 e. The first-order valence-electron chi connectivity index (χ1n) is 5.75.